The first-order valence-electron chi connectivity index (χ1n) is 7.50. The molecular formula is C15H25B. The number of fused-ring (bicyclic) bond motifs is 2. The molecule has 1 atom stereocenters. The van der Waals surface area contributed by atoms with Crippen LogP contribution in [0.25, 0.3) is 0 Å². The SMILES string of the molecule is CC1=CCC(B2C3CCCC2CCC3)CC1. The van der Waals surface area contributed by atoms with Gasteiger partial charge in [-0.2, -0.15) is 0 Å². The van der Waals surface area contributed by atoms with E-state index in [4.69, 9.17) is 0 Å². The van der Waals surface area contributed by atoms with Gasteiger partial charge in [0.15, 0.2) is 0 Å². The number of hydrogen-bond donors (Lipinski definition) is 0. The van der Waals surface area contributed by atoms with Gasteiger partial charge in [0.05, 0.1) is 0 Å². The average Bonchev–Trinajstić information content (AvgIpc) is 2.29. The van der Waals surface area contributed by atoms with E-state index in [1.165, 1.54) is 32.1 Å². The van der Waals surface area contributed by atoms with E-state index in [9.17, 15) is 0 Å². The minimum absolute atomic E-state index is 1.05. The quantitative estimate of drug-likeness (QED) is 0.423. The lowest BCUT2D eigenvalue weighted by Gasteiger charge is -2.45. The lowest BCUT2D eigenvalue weighted by molar-refractivity contribution is 0.429. The minimum Gasteiger partial charge on any atom is -0.0860 e. The Balaban J connectivity index is 1.73. The predicted octanol–water partition coefficient (Wildman–Crippen LogP) is 5.09. The molecule has 3 rings (SSSR count). The van der Waals surface area contributed by atoms with Crippen LogP contribution in [0, 0.1) is 0 Å². The fourth-order valence-corrected chi connectivity index (χ4v) is 4.83. The third kappa shape index (κ3) is 1.98. The van der Waals surface area contributed by atoms with Crippen LogP contribution in [0.5, 0.6) is 0 Å². The summed E-state index contributed by atoms with van der Waals surface area (Å²) in [5.41, 5.74) is 1.65. The first-order chi connectivity index (χ1) is 7.84. The van der Waals surface area contributed by atoms with Gasteiger partial charge >= 0.3 is 0 Å². The molecule has 1 aliphatic carbocycles. The second-order valence-corrected chi connectivity index (χ2v) is 6.54. The molecule has 0 saturated carbocycles. The van der Waals surface area contributed by atoms with Gasteiger partial charge in [0, 0.05) is 0 Å². The Morgan fingerprint density at radius 1 is 0.938 bits per heavy atom. The Bertz CT molecular complexity index is 259. The van der Waals surface area contributed by atoms with Crippen molar-refractivity contribution in [2.75, 3.05) is 0 Å². The maximum Gasteiger partial charge on any atom is 0.149 e. The summed E-state index contributed by atoms with van der Waals surface area (Å²) in [6.07, 6.45) is 16.1. The second-order valence-electron chi connectivity index (χ2n) is 6.54. The lowest BCUT2D eigenvalue weighted by atomic mass is 9.21. The normalized spacial score (nSPS) is 39.4. The molecule has 88 valence electrons. The average molecular weight is 216 g/mol. The number of hydrogen-bond acceptors (Lipinski definition) is 0. The van der Waals surface area contributed by atoms with E-state index in [0.717, 1.165) is 24.2 Å². The van der Waals surface area contributed by atoms with Gasteiger partial charge in [-0.05, 0) is 19.8 Å². The topological polar surface area (TPSA) is 0 Å². The zero-order chi connectivity index (χ0) is 11.0. The van der Waals surface area contributed by atoms with Gasteiger partial charge in [0.1, 0.15) is 6.71 Å². The van der Waals surface area contributed by atoms with E-state index in [0.29, 0.717) is 0 Å². The Morgan fingerprint density at radius 2 is 1.56 bits per heavy atom. The first-order valence-corrected chi connectivity index (χ1v) is 7.50. The van der Waals surface area contributed by atoms with Crippen LogP contribution in [-0.4, -0.2) is 6.71 Å². The molecule has 0 aromatic carbocycles. The van der Waals surface area contributed by atoms with Gasteiger partial charge in [0.25, 0.3) is 0 Å². The van der Waals surface area contributed by atoms with Crippen LogP contribution in [0.3, 0.4) is 0 Å². The monoisotopic (exact) mass is 216 g/mol. The van der Waals surface area contributed by atoms with Gasteiger partial charge in [-0.3, -0.25) is 0 Å². The molecule has 0 nitrogen and oxygen atoms in total. The van der Waals surface area contributed by atoms with Crippen molar-refractivity contribution >= 4 is 6.71 Å². The van der Waals surface area contributed by atoms with Crippen molar-refractivity contribution in [3.8, 4) is 0 Å². The molecule has 2 bridgehead atoms. The summed E-state index contributed by atoms with van der Waals surface area (Å²) in [7, 11) is 0. The molecule has 3 aliphatic rings. The van der Waals surface area contributed by atoms with Crippen LogP contribution in [0.4, 0.5) is 0 Å². The van der Waals surface area contributed by atoms with Crippen molar-refractivity contribution in [3.63, 3.8) is 0 Å². The Morgan fingerprint density at radius 3 is 2.06 bits per heavy atom. The molecule has 1 heteroatoms. The molecule has 16 heavy (non-hydrogen) atoms. The molecule has 2 aliphatic heterocycles. The molecule has 2 heterocycles. The fourth-order valence-electron chi connectivity index (χ4n) is 4.83. The Kier molecular flexibility index (Phi) is 3.13. The zero-order valence-electron chi connectivity index (χ0n) is 10.8. The second kappa shape index (κ2) is 4.59. The molecule has 0 N–H and O–H groups in total. The fraction of sp³-hybridized carbons (Fsp3) is 0.867. The van der Waals surface area contributed by atoms with Crippen molar-refractivity contribution in [1.82, 2.24) is 0 Å². The van der Waals surface area contributed by atoms with Crippen LogP contribution in [0.15, 0.2) is 11.6 Å². The molecule has 2 fully saturated rings. The van der Waals surface area contributed by atoms with Gasteiger partial charge < -0.3 is 0 Å². The molecule has 0 spiro atoms. The van der Waals surface area contributed by atoms with Crippen LogP contribution in [0.1, 0.15) is 64.7 Å². The summed E-state index contributed by atoms with van der Waals surface area (Å²) >= 11 is 0. The molecule has 0 aromatic rings. The number of allylic oxidation sites excluding steroid dienone is 2. The highest BCUT2D eigenvalue weighted by atomic mass is 14.3. The Labute approximate surface area is 101 Å². The lowest BCUT2D eigenvalue weighted by Crippen LogP contribution is -2.38. The van der Waals surface area contributed by atoms with E-state index in [1.807, 2.05) is 0 Å². The maximum atomic E-state index is 2.54. The molecule has 0 aromatic heterocycles. The van der Waals surface area contributed by atoms with Crippen molar-refractivity contribution in [1.29, 1.82) is 0 Å². The van der Waals surface area contributed by atoms with E-state index in [1.54, 1.807) is 31.3 Å². The summed E-state index contributed by atoms with van der Waals surface area (Å²) < 4.78 is 0. The standard InChI is InChI=1S/C15H25B/c1-12-8-10-15(11-9-12)16-13-4-2-5-14(16)7-3-6-13/h8,13-15H,2-7,9-11H2,1H3. The molecule has 2 saturated heterocycles. The minimum atomic E-state index is 1.05. The third-order valence-electron chi connectivity index (χ3n) is 5.61. The summed E-state index contributed by atoms with van der Waals surface area (Å²) in [6.45, 7) is 3.43. The maximum absolute atomic E-state index is 2.54. The van der Waals surface area contributed by atoms with Gasteiger partial charge in [-0.1, -0.05) is 74.0 Å². The summed E-state index contributed by atoms with van der Waals surface area (Å²) in [5.74, 6) is 3.29. The predicted molar refractivity (Wildman–Crippen MR) is 72.3 cm³/mol. The van der Waals surface area contributed by atoms with E-state index in [-0.39, 0.29) is 0 Å². The smallest absolute Gasteiger partial charge is 0.0860 e. The molecular weight excluding hydrogens is 191 g/mol. The summed E-state index contributed by atoms with van der Waals surface area (Å²) in [5, 5.41) is 0. The van der Waals surface area contributed by atoms with Gasteiger partial charge in [-0.15, -0.1) is 0 Å². The van der Waals surface area contributed by atoms with Crippen molar-refractivity contribution in [3.05, 3.63) is 11.6 Å². The highest BCUT2D eigenvalue weighted by molar-refractivity contribution is 6.64. The van der Waals surface area contributed by atoms with Crippen molar-refractivity contribution in [2.24, 2.45) is 0 Å². The molecule has 0 radical (unpaired) electrons. The van der Waals surface area contributed by atoms with Crippen molar-refractivity contribution in [2.45, 2.75) is 82.2 Å². The Hall–Kier alpha value is -0.195. The van der Waals surface area contributed by atoms with E-state index in [2.05, 4.69) is 13.0 Å². The largest absolute Gasteiger partial charge is 0.149 e. The molecule has 1 unspecified atom stereocenters. The highest BCUT2D eigenvalue weighted by Gasteiger charge is 2.43. The summed E-state index contributed by atoms with van der Waals surface area (Å²) in [4.78, 5) is 0. The van der Waals surface area contributed by atoms with Crippen LogP contribution >= 0.6 is 0 Å². The highest BCUT2D eigenvalue weighted by Crippen LogP contribution is 2.52. The van der Waals surface area contributed by atoms with Crippen LogP contribution in [-0.2, 0) is 0 Å². The van der Waals surface area contributed by atoms with E-state index >= 15 is 0 Å². The van der Waals surface area contributed by atoms with Crippen molar-refractivity contribution < 1.29 is 0 Å². The third-order valence-corrected chi connectivity index (χ3v) is 5.61. The van der Waals surface area contributed by atoms with Gasteiger partial charge in [0.2, 0.25) is 0 Å². The van der Waals surface area contributed by atoms with Crippen LogP contribution in [0.2, 0.25) is 17.5 Å². The van der Waals surface area contributed by atoms with Crippen LogP contribution < -0.4 is 0 Å². The number of rotatable bonds is 1. The van der Waals surface area contributed by atoms with E-state index < -0.39 is 0 Å². The molecule has 0 amide bonds. The zero-order valence-corrected chi connectivity index (χ0v) is 10.8. The first kappa shape index (κ1) is 10.9. The van der Waals surface area contributed by atoms with Gasteiger partial charge in [-0.25, -0.2) is 0 Å². The summed E-state index contributed by atoms with van der Waals surface area (Å²) in [6, 6.07) is 0.